The van der Waals surface area contributed by atoms with Crippen LogP contribution in [0, 0.1) is 0 Å². The van der Waals surface area contributed by atoms with Crippen molar-refractivity contribution in [3.8, 4) is 0 Å². The summed E-state index contributed by atoms with van der Waals surface area (Å²) in [6, 6.07) is 0.148. The van der Waals surface area contributed by atoms with Crippen LogP contribution in [0.2, 0.25) is 0 Å². The average molecular weight is 198 g/mol. The Hall–Kier alpha value is -0.870. The van der Waals surface area contributed by atoms with Crippen LogP contribution in [0.15, 0.2) is 10.6 Å². The molecule has 0 fully saturated rings. The van der Waals surface area contributed by atoms with E-state index in [1.165, 1.54) is 0 Å². The third-order valence-electron chi connectivity index (χ3n) is 1.97. The van der Waals surface area contributed by atoms with Gasteiger partial charge in [0.2, 0.25) is 5.89 Å². The molecule has 0 saturated heterocycles. The van der Waals surface area contributed by atoms with Gasteiger partial charge in [-0.3, -0.25) is 0 Å². The van der Waals surface area contributed by atoms with Crippen molar-refractivity contribution in [3.05, 3.63) is 17.8 Å². The van der Waals surface area contributed by atoms with E-state index in [1.54, 1.807) is 6.20 Å². The number of aromatic nitrogens is 1. The Labute approximate surface area is 84.7 Å². The molecule has 0 aliphatic carbocycles. The van der Waals surface area contributed by atoms with Crippen molar-refractivity contribution < 1.29 is 9.15 Å². The fourth-order valence-corrected chi connectivity index (χ4v) is 1.03. The molecule has 14 heavy (non-hydrogen) atoms. The first kappa shape index (κ1) is 11.2. The minimum absolute atomic E-state index is 0.148. The molecule has 1 aromatic heterocycles. The molecule has 0 bridgehead atoms. The number of hydrogen-bond acceptors (Lipinski definition) is 4. The Bertz CT molecular complexity index is 260. The minimum Gasteiger partial charge on any atom is -0.442 e. The first-order chi connectivity index (χ1) is 6.77. The monoisotopic (exact) mass is 198 g/mol. The Morgan fingerprint density at radius 2 is 2.43 bits per heavy atom. The van der Waals surface area contributed by atoms with E-state index < -0.39 is 0 Å². The maximum atomic E-state index is 5.48. The van der Waals surface area contributed by atoms with E-state index in [2.05, 4.69) is 17.2 Å². The van der Waals surface area contributed by atoms with E-state index >= 15 is 0 Å². The van der Waals surface area contributed by atoms with Crippen molar-refractivity contribution >= 4 is 0 Å². The molecule has 0 spiro atoms. The van der Waals surface area contributed by atoms with E-state index in [4.69, 9.17) is 9.15 Å². The Balaban J connectivity index is 2.42. The zero-order valence-corrected chi connectivity index (χ0v) is 9.04. The lowest BCUT2D eigenvalue weighted by Crippen LogP contribution is -2.12. The number of rotatable bonds is 6. The van der Waals surface area contributed by atoms with Crippen LogP contribution in [0.4, 0.5) is 0 Å². The first-order valence-corrected chi connectivity index (χ1v) is 4.97. The second kappa shape index (κ2) is 5.78. The van der Waals surface area contributed by atoms with Crippen LogP contribution in [0.1, 0.15) is 38.0 Å². The molecule has 0 aromatic carbocycles. The van der Waals surface area contributed by atoms with Crippen molar-refractivity contribution in [2.75, 3.05) is 13.7 Å². The van der Waals surface area contributed by atoms with Gasteiger partial charge in [-0.15, -0.1) is 0 Å². The minimum atomic E-state index is 0.148. The summed E-state index contributed by atoms with van der Waals surface area (Å²) in [7, 11) is 1.88. The third kappa shape index (κ3) is 3.12. The Morgan fingerprint density at radius 1 is 1.64 bits per heavy atom. The van der Waals surface area contributed by atoms with Gasteiger partial charge in [0.05, 0.1) is 12.2 Å². The molecule has 0 amide bonds. The van der Waals surface area contributed by atoms with Crippen LogP contribution in [-0.4, -0.2) is 18.6 Å². The van der Waals surface area contributed by atoms with Crippen molar-refractivity contribution in [2.45, 2.75) is 32.9 Å². The third-order valence-corrected chi connectivity index (χ3v) is 1.97. The highest BCUT2D eigenvalue weighted by atomic mass is 16.5. The zero-order chi connectivity index (χ0) is 10.4. The summed E-state index contributed by atoms with van der Waals surface area (Å²) in [4.78, 5) is 4.16. The SMILES string of the molecule is CCCOCc1cnc(C(C)NC)o1. The second-order valence-electron chi connectivity index (χ2n) is 3.23. The summed E-state index contributed by atoms with van der Waals surface area (Å²) in [5, 5.41) is 3.06. The first-order valence-electron chi connectivity index (χ1n) is 4.97. The fourth-order valence-electron chi connectivity index (χ4n) is 1.03. The van der Waals surface area contributed by atoms with Crippen LogP contribution >= 0.6 is 0 Å². The van der Waals surface area contributed by atoms with Crippen molar-refractivity contribution in [3.63, 3.8) is 0 Å². The molecule has 0 aliphatic heterocycles. The van der Waals surface area contributed by atoms with Crippen molar-refractivity contribution in [1.82, 2.24) is 10.3 Å². The molecule has 1 N–H and O–H groups in total. The van der Waals surface area contributed by atoms with Gasteiger partial charge in [0.25, 0.3) is 0 Å². The van der Waals surface area contributed by atoms with Gasteiger partial charge in [-0.2, -0.15) is 0 Å². The standard InChI is InChI=1S/C10H18N2O2/c1-4-5-13-7-9-6-12-10(14-9)8(2)11-3/h6,8,11H,4-5,7H2,1-3H3. The predicted octanol–water partition coefficient (Wildman–Crippen LogP) is 1.88. The molecule has 1 heterocycles. The lowest BCUT2D eigenvalue weighted by molar-refractivity contribution is 0.105. The molecule has 80 valence electrons. The Kier molecular flexibility index (Phi) is 4.62. The fraction of sp³-hybridized carbons (Fsp3) is 0.700. The highest BCUT2D eigenvalue weighted by Gasteiger charge is 2.09. The molecular weight excluding hydrogens is 180 g/mol. The van der Waals surface area contributed by atoms with E-state index in [0.717, 1.165) is 18.8 Å². The van der Waals surface area contributed by atoms with Gasteiger partial charge in [0.15, 0.2) is 0 Å². The lowest BCUT2D eigenvalue weighted by Gasteiger charge is -2.03. The van der Waals surface area contributed by atoms with Gasteiger partial charge in [-0.1, -0.05) is 6.92 Å². The molecule has 0 saturated carbocycles. The van der Waals surface area contributed by atoms with Crippen molar-refractivity contribution in [2.24, 2.45) is 0 Å². The molecule has 1 aromatic rings. The summed E-state index contributed by atoms with van der Waals surface area (Å²) in [5.41, 5.74) is 0. The van der Waals surface area contributed by atoms with Crippen LogP contribution in [0.25, 0.3) is 0 Å². The molecule has 0 radical (unpaired) electrons. The van der Waals surface area contributed by atoms with E-state index in [1.807, 2.05) is 14.0 Å². The average Bonchev–Trinajstić information content (AvgIpc) is 2.66. The van der Waals surface area contributed by atoms with Crippen LogP contribution in [-0.2, 0) is 11.3 Å². The quantitative estimate of drug-likeness (QED) is 0.709. The molecule has 4 heteroatoms. The predicted molar refractivity (Wildman–Crippen MR) is 53.9 cm³/mol. The van der Waals surface area contributed by atoms with Crippen LogP contribution in [0.3, 0.4) is 0 Å². The summed E-state index contributed by atoms with van der Waals surface area (Å²) in [6.07, 6.45) is 2.74. The highest BCUT2D eigenvalue weighted by molar-refractivity contribution is 4.95. The topological polar surface area (TPSA) is 47.3 Å². The van der Waals surface area contributed by atoms with Crippen LogP contribution < -0.4 is 5.32 Å². The van der Waals surface area contributed by atoms with Gasteiger partial charge in [0.1, 0.15) is 12.4 Å². The van der Waals surface area contributed by atoms with Gasteiger partial charge < -0.3 is 14.5 Å². The molecule has 0 aliphatic rings. The summed E-state index contributed by atoms with van der Waals surface area (Å²) in [5.74, 6) is 1.50. The second-order valence-corrected chi connectivity index (χ2v) is 3.23. The maximum Gasteiger partial charge on any atom is 0.211 e. The largest absolute Gasteiger partial charge is 0.442 e. The molecular formula is C10H18N2O2. The summed E-state index contributed by atoms with van der Waals surface area (Å²) >= 11 is 0. The number of ether oxygens (including phenoxy) is 1. The summed E-state index contributed by atoms with van der Waals surface area (Å²) in [6.45, 7) is 5.35. The molecule has 1 unspecified atom stereocenters. The van der Waals surface area contributed by atoms with Crippen molar-refractivity contribution in [1.29, 1.82) is 0 Å². The van der Waals surface area contributed by atoms with E-state index in [-0.39, 0.29) is 6.04 Å². The number of oxazole rings is 1. The zero-order valence-electron chi connectivity index (χ0n) is 9.04. The maximum absolute atomic E-state index is 5.48. The van der Waals surface area contributed by atoms with E-state index in [0.29, 0.717) is 12.5 Å². The number of nitrogens with one attached hydrogen (secondary N) is 1. The lowest BCUT2D eigenvalue weighted by atomic mass is 10.3. The Morgan fingerprint density at radius 3 is 3.07 bits per heavy atom. The number of hydrogen-bond donors (Lipinski definition) is 1. The molecule has 4 nitrogen and oxygen atoms in total. The van der Waals surface area contributed by atoms with Gasteiger partial charge >= 0.3 is 0 Å². The van der Waals surface area contributed by atoms with E-state index in [9.17, 15) is 0 Å². The van der Waals surface area contributed by atoms with Gasteiger partial charge in [0, 0.05) is 6.61 Å². The van der Waals surface area contributed by atoms with Crippen LogP contribution in [0.5, 0.6) is 0 Å². The summed E-state index contributed by atoms with van der Waals surface area (Å²) < 4.78 is 10.8. The normalized spacial score (nSPS) is 13.1. The van der Waals surface area contributed by atoms with Gasteiger partial charge in [-0.25, -0.2) is 4.98 Å². The molecule has 1 atom stereocenters. The number of nitrogens with zero attached hydrogens (tertiary/aromatic N) is 1. The highest BCUT2D eigenvalue weighted by Crippen LogP contribution is 2.12. The molecule has 1 rings (SSSR count). The smallest absolute Gasteiger partial charge is 0.211 e. The van der Waals surface area contributed by atoms with Gasteiger partial charge in [-0.05, 0) is 20.4 Å².